The third-order valence-electron chi connectivity index (χ3n) is 7.09. The van der Waals surface area contributed by atoms with Crippen molar-refractivity contribution in [2.24, 2.45) is 28.8 Å². The molecule has 1 aliphatic heterocycles. The van der Waals surface area contributed by atoms with E-state index in [1.54, 1.807) is 13.2 Å². The van der Waals surface area contributed by atoms with Crippen LogP contribution in [0.5, 0.6) is 5.88 Å². The first kappa shape index (κ1) is 26.5. The molecule has 2 heterocycles. The standard InChI is InChI=1S/C25H39N3O5S/c1-6-18(2)24(17-31-4)27-33-19(3)28-12-9-20(10-13-28)23-15-21(23)11-14-32-25-8-7-22(16-26-25)34(5,29)30/h7-8,16,18,20-21,23H,3,6,9-15,17H2,1-2,4-5H3. The Morgan fingerprint density at radius 1 is 1.32 bits per heavy atom. The monoisotopic (exact) mass is 493 g/mol. The fraction of sp³-hybridized carbons (Fsp3) is 0.680. The Balaban J connectivity index is 1.36. The van der Waals surface area contributed by atoms with Crippen LogP contribution < -0.4 is 4.74 Å². The first-order chi connectivity index (χ1) is 16.2. The minimum Gasteiger partial charge on any atom is -0.478 e. The summed E-state index contributed by atoms with van der Waals surface area (Å²) < 4.78 is 34.0. The van der Waals surface area contributed by atoms with Gasteiger partial charge in [-0.1, -0.05) is 19.0 Å². The number of likely N-dealkylation sites (tertiary alicyclic amines) is 1. The molecule has 1 saturated heterocycles. The van der Waals surface area contributed by atoms with Crippen molar-refractivity contribution < 1.29 is 22.7 Å². The molecule has 1 aromatic heterocycles. The van der Waals surface area contributed by atoms with Crippen molar-refractivity contribution in [3.63, 3.8) is 0 Å². The Morgan fingerprint density at radius 2 is 2.06 bits per heavy atom. The summed E-state index contributed by atoms with van der Waals surface area (Å²) in [6.45, 7) is 11.3. The van der Waals surface area contributed by atoms with Gasteiger partial charge in [0.2, 0.25) is 11.8 Å². The van der Waals surface area contributed by atoms with E-state index in [1.165, 1.54) is 24.9 Å². The van der Waals surface area contributed by atoms with Crippen LogP contribution in [0.3, 0.4) is 0 Å². The van der Waals surface area contributed by atoms with E-state index in [1.807, 2.05) is 0 Å². The second-order valence-electron chi connectivity index (χ2n) is 9.54. The van der Waals surface area contributed by atoms with Gasteiger partial charge < -0.3 is 19.2 Å². The SMILES string of the molecule is C=C(ON=C(COC)C(C)CC)N1CCC(C2CC2CCOc2ccc(S(C)(=O)=O)cn2)CC1. The third-order valence-corrected chi connectivity index (χ3v) is 8.19. The molecule has 0 radical (unpaired) electrons. The summed E-state index contributed by atoms with van der Waals surface area (Å²) >= 11 is 0. The number of rotatable bonds is 13. The lowest BCUT2D eigenvalue weighted by Crippen LogP contribution is -2.34. The smallest absolute Gasteiger partial charge is 0.218 e. The Bertz CT molecular complexity index is 940. The number of sulfone groups is 1. The fourth-order valence-electron chi connectivity index (χ4n) is 4.55. The average Bonchev–Trinajstić information content (AvgIpc) is 3.60. The highest BCUT2D eigenvalue weighted by atomic mass is 32.2. The zero-order valence-electron chi connectivity index (χ0n) is 20.9. The molecule has 0 N–H and O–H groups in total. The molecule has 2 aliphatic rings. The van der Waals surface area contributed by atoms with E-state index in [0.29, 0.717) is 36.8 Å². The van der Waals surface area contributed by atoms with Gasteiger partial charge in [0.25, 0.3) is 0 Å². The summed E-state index contributed by atoms with van der Waals surface area (Å²) in [4.78, 5) is 12.2. The molecule has 1 aromatic rings. The number of aromatic nitrogens is 1. The van der Waals surface area contributed by atoms with Crippen LogP contribution in [-0.4, -0.2) is 63.7 Å². The van der Waals surface area contributed by atoms with Gasteiger partial charge in [-0.05, 0) is 68.4 Å². The van der Waals surface area contributed by atoms with Crippen molar-refractivity contribution in [3.8, 4) is 5.88 Å². The van der Waals surface area contributed by atoms with Crippen LogP contribution in [-0.2, 0) is 19.4 Å². The summed E-state index contributed by atoms with van der Waals surface area (Å²) in [5, 5.41) is 4.31. The Kier molecular flexibility index (Phi) is 9.36. The van der Waals surface area contributed by atoms with Gasteiger partial charge in [0, 0.05) is 38.7 Å². The summed E-state index contributed by atoms with van der Waals surface area (Å²) in [5.41, 5.74) is 0.908. The highest BCUT2D eigenvalue weighted by Crippen LogP contribution is 2.49. The Morgan fingerprint density at radius 3 is 2.65 bits per heavy atom. The minimum atomic E-state index is -3.23. The van der Waals surface area contributed by atoms with Gasteiger partial charge >= 0.3 is 0 Å². The lowest BCUT2D eigenvalue weighted by molar-refractivity contribution is 0.0860. The Hall–Kier alpha value is -2.13. The van der Waals surface area contributed by atoms with Gasteiger partial charge in [-0.25, -0.2) is 13.4 Å². The lowest BCUT2D eigenvalue weighted by atomic mass is 9.90. The van der Waals surface area contributed by atoms with Gasteiger partial charge in [-0.15, -0.1) is 0 Å². The van der Waals surface area contributed by atoms with Crippen LogP contribution in [0.4, 0.5) is 0 Å². The van der Waals surface area contributed by atoms with Crippen LogP contribution in [0.15, 0.2) is 40.8 Å². The number of hydrogen-bond acceptors (Lipinski definition) is 8. The zero-order valence-corrected chi connectivity index (χ0v) is 21.7. The van der Waals surface area contributed by atoms with Crippen molar-refractivity contribution >= 4 is 15.5 Å². The quantitative estimate of drug-likeness (QED) is 0.232. The molecule has 9 heteroatoms. The van der Waals surface area contributed by atoms with Gasteiger partial charge in [-0.2, -0.15) is 0 Å². The molecule has 0 aromatic carbocycles. The van der Waals surface area contributed by atoms with E-state index in [9.17, 15) is 8.42 Å². The van der Waals surface area contributed by atoms with Gasteiger partial charge in [0.05, 0.1) is 23.8 Å². The van der Waals surface area contributed by atoms with Crippen molar-refractivity contribution in [1.29, 1.82) is 0 Å². The maximum absolute atomic E-state index is 11.5. The van der Waals surface area contributed by atoms with Crippen LogP contribution in [0.25, 0.3) is 0 Å². The van der Waals surface area contributed by atoms with Gasteiger partial charge in [0.15, 0.2) is 9.84 Å². The van der Waals surface area contributed by atoms with E-state index in [2.05, 4.69) is 35.5 Å². The number of piperidine rings is 1. The first-order valence-corrected chi connectivity index (χ1v) is 14.1. The molecule has 2 fully saturated rings. The Labute approximate surface area is 204 Å². The normalized spacial score (nSPS) is 22.4. The van der Waals surface area contributed by atoms with E-state index < -0.39 is 9.84 Å². The number of hydrogen-bond donors (Lipinski definition) is 0. The van der Waals surface area contributed by atoms with Crippen molar-refractivity contribution in [1.82, 2.24) is 9.88 Å². The number of ether oxygens (including phenoxy) is 2. The molecule has 1 aliphatic carbocycles. The van der Waals surface area contributed by atoms with E-state index >= 15 is 0 Å². The molecule has 34 heavy (non-hydrogen) atoms. The number of methoxy groups -OCH3 is 1. The second-order valence-corrected chi connectivity index (χ2v) is 11.6. The summed E-state index contributed by atoms with van der Waals surface area (Å²) in [7, 11) is -1.56. The molecular weight excluding hydrogens is 454 g/mol. The minimum absolute atomic E-state index is 0.208. The fourth-order valence-corrected chi connectivity index (χ4v) is 5.11. The predicted molar refractivity (Wildman–Crippen MR) is 132 cm³/mol. The first-order valence-electron chi connectivity index (χ1n) is 12.2. The number of oxime groups is 1. The number of nitrogens with zero attached hydrogens (tertiary/aromatic N) is 3. The molecule has 0 spiro atoms. The number of pyridine rings is 1. The van der Waals surface area contributed by atoms with E-state index in [-0.39, 0.29) is 4.90 Å². The maximum Gasteiger partial charge on any atom is 0.218 e. The highest BCUT2D eigenvalue weighted by molar-refractivity contribution is 7.90. The summed E-state index contributed by atoms with van der Waals surface area (Å²) in [5.74, 6) is 3.60. The van der Waals surface area contributed by atoms with E-state index in [0.717, 1.165) is 56.3 Å². The summed E-state index contributed by atoms with van der Waals surface area (Å²) in [6.07, 6.45) is 8.05. The molecular formula is C25H39N3O5S. The molecule has 190 valence electrons. The maximum atomic E-state index is 11.5. The van der Waals surface area contributed by atoms with Crippen LogP contribution >= 0.6 is 0 Å². The molecule has 3 unspecified atom stereocenters. The average molecular weight is 494 g/mol. The zero-order chi connectivity index (χ0) is 24.7. The molecule has 3 rings (SSSR count). The predicted octanol–water partition coefficient (Wildman–Crippen LogP) is 4.14. The van der Waals surface area contributed by atoms with Crippen molar-refractivity contribution in [2.45, 2.75) is 50.8 Å². The molecule has 1 saturated carbocycles. The summed E-state index contributed by atoms with van der Waals surface area (Å²) in [6, 6.07) is 3.16. The molecule has 0 bridgehead atoms. The lowest BCUT2D eigenvalue weighted by Gasteiger charge is -2.33. The van der Waals surface area contributed by atoms with E-state index in [4.69, 9.17) is 14.3 Å². The van der Waals surface area contributed by atoms with Crippen molar-refractivity contribution in [2.75, 3.05) is 39.7 Å². The van der Waals surface area contributed by atoms with Gasteiger partial charge in [0.1, 0.15) is 0 Å². The van der Waals surface area contributed by atoms with Gasteiger partial charge in [-0.3, -0.25) is 0 Å². The third kappa shape index (κ3) is 7.43. The second kappa shape index (κ2) is 12.0. The van der Waals surface area contributed by atoms with Crippen LogP contribution in [0.2, 0.25) is 0 Å². The van der Waals surface area contributed by atoms with Crippen molar-refractivity contribution in [3.05, 3.63) is 30.8 Å². The molecule has 8 nitrogen and oxygen atoms in total. The van der Waals surface area contributed by atoms with Crippen LogP contribution in [0.1, 0.15) is 46.0 Å². The topological polar surface area (TPSA) is 90.3 Å². The molecule has 0 amide bonds. The highest BCUT2D eigenvalue weighted by Gasteiger charge is 2.43. The largest absolute Gasteiger partial charge is 0.478 e. The van der Waals surface area contributed by atoms with Crippen LogP contribution in [0, 0.1) is 23.7 Å². The molecule has 3 atom stereocenters.